The van der Waals surface area contributed by atoms with Gasteiger partial charge < -0.3 is 29.5 Å². The van der Waals surface area contributed by atoms with Crippen molar-refractivity contribution in [2.45, 2.75) is 39.4 Å². The first-order chi connectivity index (χ1) is 23.4. The lowest BCUT2D eigenvalue weighted by molar-refractivity contribution is -0.137. The van der Waals surface area contributed by atoms with Gasteiger partial charge >= 0.3 is 6.18 Å². The van der Waals surface area contributed by atoms with Crippen molar-refractivity contribution in [1.29, 1.82) is 0 Å². The number of anilines is 2. The van der Waals surface area contributed by atoms with Gasteiger partial charge in [0.15, 0.2) is 17.3 Å². The zero-order valence-electron chi connectivity index (χ0n) is 26.4. The summed E-state index contributed by atoms with van der Waals surface area (Å²) in [5, 5.41) is 17.1. The fraction of sp³-hybridized carbons (Fsp3) is 0.387. The number of amides is 2. The summed E-state index contributed by atoms with van der Waals surface area (Å²) in [7, 11) is 0. The molecule has 0 atom stereocenters. The molecule has 18 heteroatoms. The first kappa shape index (κ1) is 33.5. The molecular formula is C31H31F4N9O5. The number of rotatable bonds is 7. The largest absolute Gasteiger partial charge is 0.504 e. The summed E-state index contributed by atoms with van der Waals surface area (Å²) in [5.41, 5.74) is -0.669. The highest BCUT2D eigenvalue weighted by atomic mass is 19.4. The van der Waals surface area contributed by atoms with Crippen molar-refractivity contribution < 1.29 is 37.0 Å². The van der Waals surface area contributed by atoms with Crippen LogP contribution in [0.3, 0.4) is 0 Å². The third-order valence-electron chi connectivity index (χ3n) is 8.37. The zero-order chi connectivity index (χ0) is 35.0. The van der Waals surface area contributed by atoms with Gasteiger partial charge in [0.2, 0.25) is 11.7 Å². The molecule has 0 aliphatic carbocycles. The highest BCUT2D eigenvalue weighted by molar-refractivity contribution is 5.95. The predicted octanol–water partition coefficient (Wildman–Crippen LogP) is 2.82. The number of piperazine rings is 1. The molecule has 4 aromatic rings. The van der Waals surface area contributed by atoms with Crippen molar-refractivity contribution >= 4 is 34.5 Å². The number of alkyl halides is 3. The number of aromatic nitrogens is 6. The number of hydrogen-bond acceptors (Lipinski definition) is 10. The summed E-state index contributed by atoms with van der Waals surface area (Å²) in [6.07, 6.45) is -1.05. The molecule has 0 unspecified atom stereocenters. The lowest BCUT2D eigenvalue weighted by Crippen LogP contribution is -2.51. The van der Waals surface area contributed by atoms with E-state index in [4.69, 9.17) is 4.74 Å². The minimum absolute atomic E-state index is 0.0412. The van der Waals surface area contributed by atoms with E-state index >= 15 is 0 Å². The summed E-state index contributed by atoms with van der Waals surface area (Å²) < 4.78 is 61.8. The van der Waals surface area contributed by atoms with Crippen LogP contribution in [0.4, 0.5) is 28.9 Å². The lowest BCUT2D eigenvalue weighted by Gasteiger charge is -2.36. The van der Waals surface area contributed by atoms with Gasteiger partial charge in [-0.1, -0.05) is 13.0 Å². The smallest absolute Gasteiger partial charge is 0.416 e. The summed E-state index contributed by atoms with van der Waals surface area (Å²) in [6, 6.07) is 1.79. The lowest BCUT2D eigenvalue weighted by atomic mass is 10.1. The van der Waals surface area contributed by atoms with E-state index in [1.54, 1.807) is 24.8 Å². The highest BCUT2D eigenvalue weighted by Crippen LogP contribution is 2.31. The molecule has 5 heterocycles. The van der Waals surface area contributed by atoms with Crippen LogP contribution >= 0.6 is 0 Å². The third kappa shape index (κ3) is 6.55. The maximum absolute atomic E-state index is 14.6. The summed E-state index contributed by atoms with van der Waals surface area (Å²) in [5.74, 6) is -2.55. The molecule has 2 amide bonds. The van der Waals surface area contributed by atoms with Crippen LogP contribution in [0.5, 0.6) is 5.75 Å². The molecule has 1 saturated heterocycles. The fourth-order valence-electron chi connectivity index (χ4n) is 5.83. The van der Waals surface area contributed by atoms with Crippen LogP contribution in [0.1, 0.15) is 46.6 Å². The Hall–Kier alpha value is -5.39. The maximum Gasteiger partial charge on any atom is 0.416 e. The molecular weight excluding hydrogens is 654 g/mol. The number of aryl methyl sites for hydroxylation is 1. The van der Waals surface area contributed by atoms with E-state index in [1.807, 2.05) is 0 Å². The van der Waals surface area contributed by atoms with E-state index in [0.717, 1.165) is 16.2 Å². The van der Waals surface area contributed by atoms with Crippen LogP contribution in [0.15, 0.2) is 35.4 Å². The van der Waals surface area contributed by atoms with E-state index in [0.29, 0.717) is 37.5 Å². The number of nitrogens with one attached hydrogen (secondary N) is 1. The van der Waals surface area contributed by atoms with Gasteiger partial charge in [-0.3, -0.25) is 14.4 Å². The quantitative estimate of drug-likeness (QED) is 0.277. The Morgan fingerprint density at radius 1 is 1.12 bits per heavy atom. The molecule has 49 heavy (non-hydrogen) atoms. The molecule has 0 spiro atoms. The summed E-state index contributed by atoms with van der Waals surface area (Å²) in [6.45, 7) is 4.35. The number of halogens is 4. The van der Waals surface area contributed by atoms with Crippen LogP contribution in [0.2, 0.25) is 0 Å². The van der Waals surface area contributed by atoms with Crippen LogP contribution in [-0.4, -0.2) is 90.3 Å². The Kier molecular flexibility index (Phi) is 9.06. The standard InChI is InChI=1S/C31H31F4N9O5/c1-3-22-25(41-8-10-42(11-9-41)28(47)24-26(46)17(2)36-16-37-24)29(48)44-30(39-27(40-44)18-6-12-49-13-7-18)43(22)15-23(45)38-21-5-4-19(14-20(21)32)31(33,34)35/h4-6,14,16,46H,3,7-13,15H2,1-2H3,(H,38,45). The summed E-state index contributed by atoms with van der Waals surface area (Å²) in [4.78, 5) is 56.3. The van der Waals surface area contributed by atoms with Gasteiger partial charge in [-0.15, -0.1) is 5.10 Å². The first-order valence-electron chi connectivity index (χ1n) is 15.4. The molecule has 0 radical (unpaired) electrons. The van der Waals surface area contributed by atoms with Gasteiger partial charge in [-0.05, 0) is 43.5 Å². The van der Waals surface area contributed by atoms with Gasteiger partial charge in [0.05, 0.1) is 35.9 Å². The minimum Gasteiger partial charge on any atom is -0.504 e. The van der Waals surface area contributed by atoms with E-state index in [-0.39, 0.29) is 67.0 Å². The number of benzene rings is 1. The van der Waals surface area contributed by atoms with Crippen molar-refractivity contribution in [2.75, 3.05) is 49.6 Å². The molecule has 3 aromatic heterocycles. The van der Waals surface area contributed by atoms with E-state index < -0.39 is 47.2 Å². The molecule has 1 fully saturated rings. The molecule has 0 bridgehead atoms. The predicted molar refractivity (Wildman–Crippen MR) is 167 cm³/mol. The Morgan fingerprint density at radius 3 is 2.53 bits per heavy atom. The van der Waals surface area contributed by atoms with Gasteiger partial charge in [0.25, 0.3) is 11.5 Å². The Bertz CT molecular complexity index is 2030. The molecule has 2 aliphatic heterocycles. The monoisotopic (exact) mass is 685 g/mol. The van der Waals surface area contributed by atoms with Crippen molar-refractivity contribution in [2.24, 2.45) is 0 Å². The fourth-order valence-corrected chi connectivity index (χ4v) is 5.83. The van der Waals surface area contributed by atoms with E-state index in [2.05, 4.69) is 25.4 Å². The van der Waals surface area contributed by atoms with Crippen molar-refractivity contribution in [3.05, 3.63) is 75.2 Å². The molecule has 1 aromatic carbocycles. The minimum atomic E-state index is -4.77. The van der Waals surface area contributed by atoms with Gasteiger partial charge in [0, 0.05) is 26.2 Å². The number of nitrogens with zero attached hydrogens (tertiary/aromatic N) is 8. The van der Waals surface area contributed by atoms with Crippen LogP contribution < -0.4 is 15.8 Å². The molecule has 0 saturated carbocycles. The topological polar surface area (TPSA) is 160 Å². The van der Waals surface area contributed by atoms with Gasteiger partial charge in [-0.2, -0.15) is 22.7 Å². The maximum atomic E-state index is 14.6. The van der Waals surface area contributed by atoms with Crippen molar-refractivity contribution in [1.82, 2.24) is 34.0 Å². The van der Waals surface area contributed by atoms with Crippen molar-refractivity contribution in [3.63, 3.8) is 0 Å². The number of carbonyl (C=O) groups excluding carboxylic acids is 2. The highest BCUT2D eigenvalue weighted by Gasteiger charge is 2.32. The normalized spacial score (nSPS) is 15.4. The molecule has 2 N–H and O–H groups in total. The van der Waals surface area contributed by atoms with E-state index in [9.17, 15) is 37.1 Å². The SMILES string of the molecule is CCc1c(N2CCN(C(=O)c3ncnc(C)c3O)CC2)c(=O)n2nc(C3=CCOCC3)nc2n1CC(=O)Nc1ccc(C(F)(F)F)cc1F. The first-order valence-corrected chi connectivity index (χ1v) is 15.4. The van der Waals surface area contributed by atoms with Crippen molar-refractivity contribution in [3.8, 4) is 5.75 Å². The number of ether oxygens (including phenoxy) is 1. The van der Waals surface area contributed by atoms with Crippen LogP contribution in [0.25, 0.3) is 11.4 Å². The van der Waals surface area contributed by atoms with E-state index in [1.165, 1.54) is 15.8 Å². The average molecular weight is 686 g/mol. The Morgan fingerprint density at radius 2 is 1.88 bits per heavy atom. The molecule has 2 aliphatic rings. The molecule has 258 valence electrons. The van der Waals surface area contributed by atoms with Gasteiger partial charge in [-0.25, -0.2) is 14.4 Å². The number of carbonyl (C=O) groups is 2. The number of fused-ring (bicyclic) bond motifs is 1. The van der Waals surface area contributed by atoms with Crippen LogP contribution in [0, 0.1) is 12.7 Å². The zero-order valence-corrected chi connectivity index (χ0v) is 26.4. The molecule has 14 nitrogen and oxygen atoms in total. The molecule has 6 rings (SSSR count). The Balaban J connectivity index is 1.35. The number of hydrogen-bond donors (Lipinski definition) is 2. The van der Waals surface area contributed by atoms with Gasteiger partial charge in [0.1, 0.15) is 24.4 Å². The Labute approximate surface area is 275 Å². The second-order valence-electron chi connectivity index (χ2n) is 11.4. The van der Waals surface area contributed by atoms with Crippen LogP contribution in [-0.2, 0) is 28.7 Å². The summed E-state index contributed by atoms with van der Waals surface area (Å²) >= 11 is 0. The number of aromatic hydroxyl groups is 1. The third-order valence-corrected chi connectivity index (χ3v) is 8.37. The second-order valence-corrected chi connectivity index (χ2v) is 11.4. The second kappa shape index (κ2) is 13.3. The average Bonchev–Trinajstić information content (AvgIpc) is 3.54.